The number of likely N-dealkylation sites (tertiary alicyclic amines) is 1. The predicted octanol–water partition coefficient (Wildman–Crippen LogP) is 1.60. The van der Waals surface area contributed by atoms with Gasteiger partial charge in [-0.3, -0.25) is 4.79 Å². The van der Waals surface area contributed by atoms with Crippen molar-refractivity contribution in [2.75, 3.05) is 13.1 Å². The number of amides is 1. The van der Waals surface area contributed by atoms with Gasteiger partial charge in [0.2, 0.25) is 5.91 Å². The van der Waals surface area contributed by atoms with E-state index >= 15 is 0 Å². The van der Waals surface area contributed by atoms with Crippen molar-refractivity contribution in [2.45, 2.75) is 32.9 Å². The second kappa shape index (κ2) is 3.87. The molecule has 0 aromatic heterocycles. The van der Waals surface area contributed by atoms with E-state index in [1.807, 2.05) is 13.8 Å². The van der Waals surface area contributed by atoms with E-state index in [-0.39, 0.29) is 11.8 Å². The van der Waals surface area contributed by atoms with E-state index < -0.39 is 6.17 Å². The number of halogens is 1. The summed E-state index contributed by atoms with van der Waals surface area (Å²) in [7, 11) is 0. The van der Waals surface area contributed by atoms with Crippen molar-refractivity contribution in [1.29, 1.82) is 0 Å². The number of alkyl halides is 1. The largest absolute Gasteiger partial charge is 0.340 e. The number of rotatable bonds is 1. The van der Waals surface area contributed by atoms with E-state index in [2.05, 4.69) is 0 Å². The molecule has 1 atom stereocenters. The molecule has 1 aliphatic rings. The monoisotopic (exact) mass is 173 g/mol. The number of piperidine rings is 1. The summed E-state index contributed by atoms with van der Waals surface area (Å²) in [6, 6.07) is 0. The van der Waals surface area contributed by atoms with Crippen LogP contribution in [0.15, 0.2) is 0 Å². The van der Waals surface area contributed by atoms with Gasteiger partial charge in [-0.05, 0) is 12.8 Å². The number of carbonyl (C=O) groups is 1. The highest BCUT2D eigenvalue weighted by Crippen LogP contribution is 2.14. The van der Waals surface area contributed by atoms with E-state index in [9.17, 15) is 9.18 Å². The zero-order valence-corrected chi connectivity index (χ0v) is 7.72. The van der Waals surface area contributed by atoms with Gasteiger partial charge in [0.05, 0.1) is 6.54 Å². The fraction of sp³-hybridized carbons (Fsp3) is 0.889. The molecule has 1 heterocycles. The summed E-state index contributed by atoms with van der Waals surface area (Å²) in [6.07, 6.45) is 0.614. The summed E-state index contributed by atoms with van der Waals surface area (Å²) in [5.74, 6) is 0.0765. The number of hydrogen-bond donors (Lipinski definition) is 0. The molecule has 0 saturated carbocycles. The van der Waals surface area contributed by atoms with Crippen LogP contribution in [0, 0.1) is 5.92 Å². The Kier molecular flexibility index (Phi) is 3.06. The molecule has 12 heavy (non-hydrogen) atoms. The average molecular weight is 173 g/mol. The Morgan fingerprint density at radius 1 is 1.58 bits per heavy atom. The molecule has 0 N–H and O–H groups in total. The van der Waals surface area contributed by atoms with Crippen LogP contribution in [-0.4, -0.2) is 30.1 Å². The fourth-order valence-corrected chi connectivity index (χ4v) is 1.49. The number of nitrogens with zero attached hydrogens (tertiary/aromatic N) is 1. The standard InChI is InChI=1S/C9H16FNO/c1-7(2)9(12)11-5-3-4-8(10)6-11/h7-8H,3-6H2,1-2H3. The van der Waals surface area contributed by atoms with E-state index in [0.717, 1.165) is 13.0 Å². The van der Waals surface area contributed by atoms with Gasteiger partial charge in [0, 0.05) is 12.5 Å². The van der Waals surface area contributed by atoms with Gasteiger partial charge in [-0.2, -0.15) is 0 Å². The Hall–Kier alpha value is -0.600. The normalized spacial score (nSPS) is 24.7. The topological polar surface area (TPSA) is 20.3 Å². The molecular weight excluding hydrogens is 157 g/mol. The van der Waals surface area contributed by atoms with Gasteiger partial charge in [0.25, 0.3) is 0 Å². The van der Waals surface area contributed by atoms with E-state index in [1.54, 1.807) is 4.90 Å². The van der Waals surface area contributed by atoms with Crippen molar-refractivity contribution in [3.63, 3.8) is 0 Å². The summed E-state index contributed by atoms with van der Waals surface area (Å²) in [6.45, 7) is 4.74. The maximum atomic E-state index is 12.9. The second-order valence-electron chi connectivity index (χ2n) is 3.68. The molecule has 1 aliphatic heterocycles. The average Bonchev–Trinajstić information content (AvgIpc) is 2.03. The van der Waals surface area contributed by atoms with E-state index in [4.69, 9.17) is 0 Å². The molecule has 1 fully saturated rings. The summed E-state index contributed by atoms with van der Waals surface area (Å²) < 4.78 is 12.9. The van der Waals surface area contributed by atoms with Crippen molar-refractivity contribution in [2.24, 2.45) is 5.92 Å². The highest BCUT2D eigenvalue weighted by molar-refractivity contribution is 5.78. The van der Waals surface area contributed by atoms with Crippen LogP contribution in [0.5, 0.6) is 0 Å². The molecule has 0 aromatic rings. The van der Waals surface area contributed by atoms with Gasteiger partial charge in [-0.25, -0.2) is 4.39 Å². The van der Waals surface area contributed by atoms with Crippen molar-refractivity contribution >= 4 is 5.91 Å². The molecule has 0 aliphatic carbocycles. The molecule has 0 aromatic carbocycles. The summed E-state index contributed by atoms with van der Waals surface area (Å²) >= 11 is 0. The minimum Gasteiger partial charge on any atom is -0.340 e. The number of carbonyl (C=O) groups excluding carboxylic acids is 1. The van der Waals surface area contributed by atoms with Gasteiger partial charge in [-0.15, -0.1) is 0 Å². The molecular formula is C9H16FNO. The van der Waals surface area contributed by atoms with Crippen molar-refractivity contribution in [1.82, 2.24) is 4.90 Å². The first kappa shape index (κ1) is 9.49. The first-order valence-electron chi connectivity index (χ1n) is 4.54. The molecule has 0 bridgehead atoms. The van der Waals surface area contributed by atoms with E-state index in [0.29, 0.717) is 13.0 Å². The third kappa shape index (κ3) is 2.19. The van der Waals surface area contributed by atoms with Crippen LogP contribution in [0.3, 0.4) is 0 Å². The maximum absolute atomic E-state index is 12.9. The lowest BCUT2D eigenvalue weighted by molar-refractivity contribution is -0.136. The van der Waals surface area contributed by atoms with Crippen LogP contribution in [0.1, 0.15) is 26.7 Å². The summed E-state index contributed by atoms with van der Waals surface area (Å²) in [4.78, 5) is 13.0. The zero-order chi connectivity index (χ0) is 9.14. The van der Waals surface area contributed by atoms with Crippen LogP contribution in [0.25, 0.3) is 0 Å². The molecule has 0 spiro atoms. The molecule has 1 saturated heterocycles. The third-order valence-corrected chi connectivity index (χ3v) is 2.17. The van der Waals surface area contributed by atoms with Crippen LogP contribution >= 0.6 is 0 Å². The first-order chi connectivity index (χ1) is 5.61. The van der Waals surface area contributed by atoms with Crippen LogP contribution in [-0.2, 0) is 4.79 Å². The minimum absolute atomic E-state index is 0.00435. The zero-order valence-electron chi connectivity index (χ0n) is 7.72. The molecule has 70 valence electrons. The van der Waals surface area contributed by atoms with Crippen molar-refractivity contribution in [3.8, 4) is 0 Å². The molecule has 2 nitrogen and oxygen atoms in total. The third-order valence-electron chi connectivity index (χ3n) is 2.17. The van der Waals surface area contributed by atoms with Gasteiger partial charge in [0.15, 0.2) is 0 Å². The lowest BCUT2D eigenvalue weighted by atomic mass is 10.1. The lowest BCUT2D eigenvalue weighted by Gasteiger charge is -2.30. The fourth-order valence-electron chi connectivity index (χ4n) is 1.49. The predicted molar refractivity (Wildman–Crippen MR) is 45.5 cm³/mol. The minimum atomic E-state index is -0.804. The van der Waals surface area contributed by atoms with Crippen LogP contribution < -0.4 is 0 Å². The Bertz CT molecular complexity index is 170. The van der Waals surface area contributed by atoms with Crippen molar-refractivity contribution in [3.05, 3.63) is 0 Å². The lowest BCUT2D eigenvalue weighted by Crippen LogP contribution is -2.42. The van der Waals surface area contributed by atoms with E-state index in [1.165, 1.54) is 0 Å². The van der Waals surface area contributed by atoms with Gasteiger partial charge in [-0.1, -0.05) is 13.8 Å². The Morgan fingerprint density at radius 2 is 2.25 bits per heavy atom. The Morgan fingerprint density at radius 3 is 2.75 bits per heavy atom. The molecule has 1 amide bonds. The van der Waals surface area contributed by atoms with Gasteiger partial charge < -0.3 is 4.90 Å². The maximum Gasteiger partial charge on any atom is 0.225 e. The van der Waals surface area contributed by atoms with Crippen LogP contribution in [0.4, 0.5) is 4.39 Å². The summed E-state index contributed by atoms with van der Waals surface area (Å²) in [5, 5.41) is 0. The van der Waals surface area contributed by atoms with Gasteiger partial charge >= 0.3 is 0 Å². The Balaban J connectivity index is 2.46. The SMILES string of the molecule is CC(C)C(=O)N1CCCC(F)C1. The molecule has 1 unspecified atom stereocenters. The number of hydrogen-bond acceptors (Lipinski definition) is 1. The smallest absolute Gasteiger partial charge is 0.225 e. The van der Waals surface area contributed by atoms with Crippen LogP contribution in [0.2, 0.25) is 0 Å². The molecule has 1 rings (SSSR count). The quantitative estimate of drug-likeness (QED) is 0.590. The first-order valence-corrected chi connectivity index (χ1v) is 4.54. The molecule has 3 heteroatoms. The highest BCUT2D eigenvalue weighted by atomic mass is 19.1. The summed E-state index contributed by atoms with van der Waals surface area (Å²) in [5.41, 5.74) is 0. The Labute approximate surface area is 72.7 Å². The highest BCUT2D eigenvalue weighted by Gasteiger charge is 2.24. The molecule has 0 radical (unpaired) electrons. The van der Waals surface area contributed by atoms with Gasteiger partial charge in [0.1, 0.15) is 6.17 Å². The second-order valence-corrected chi connectivity index (χ2v) is 3.68. The van der Waals surface area contributed by atoms with Crippen molar-refractivity contribution < 1.29 is 9.18 Å².